The van der Waals surface area contributed by atoms with Crippen LogP contribution in [0.5, 0.6) is 0 Å². The van der Waals surface area contributed by atoms with Crippen LogP contribution in [-0.4, -0.2) is 17.4 Å². The first kappa shape index (κ1) is 11.4. The molecule has 4 nitrogen and oxygen atoms in total. The van der Waals surface area contributed by atoms with E-state index in [4.69, 9.17) is 5.73 Å². The molecule has 0 fully saturated rings. The summed E-state index contributed by atoms with van der Waals surface area (Å²) in [5, 5.41) is 4.29. The van der Waals surface area contributed by atoms with Gasteiger partial charge in [0, 0.05) is 18.4 Å². The number of primary amides is 1. The topological polar surface area (TPSA) is 68.0 Å². The van der Waals surface area contributed by atoms with Gasteiger partial charge in [-0.15, -0.1) is 0 Å². The number of aromatic nitrogens is 1. The van der Waals surface area contributed by atoms with Crippen molar-refractivity contribution in [2.45, 2.75) is 12.8 Å². The highest BCUT2D eigenvalue weighted by atomic mass is 16.1. The predicted octanol–water partition coefficient (Wildman–Crippen LogP) is 1.91. The van der Waals surface area contributed by atoms with E-state index >= 15 is 0 Å². The van der Waals surface area contributed by atoms with Gasteiger partial charge in [-0.05, 0) is 24.6 Å². The molecule has 17 heavy (non-hydrogen) atoms. The van der Waals surface area contributed by atoms with Crippen molar-refractivity contribution in [3.05, 3.63) is 36.4 Å². The SMILES string of the molecule is NC(=O)CCCNc1ccc2ccccc2n1. The van der Waals surface area contributed by atoms with Crippen molar-refractivity contribution in [2.75, 3.05) is 11.9 Å². The number of amides is 1. The van der Waals surface area contributed by atoms with E-state index in [1.54, 1.807) is 0 Å². The van der Waals surface area contributed by atoms with Gasteiger partial charge in [-0.2, -0.15) is 0 Å². The number of fused-ring (bicyclic) bond motifs is 1. The predicted molar refractivity (Wildman–Crippen MR) is 68.7 cm³/mol. The molecule has 4 heteroatoms. The normalized spacial score (nSPS) is 10.4. The van der Waals surface area contributed by atoms with Crippen LogP contribution in [0.15, 0.2) is 36.4 Å². The Bertz CT molecular complexity index is 525. The summed E-state index contributed by atoms with van der Waals surface area (Å²) < 4.78 is 0. The van der Waals surface area contributed by atoms with E-state index in [1.807, 2.05) is 36.4 Å². The van der Waals surface area contributed by atoms with Gasteiger partial charge in [0.2, 0.25) is 5.91 Å². The van der Waals surface area contributed by atoms with Crippen LogP contribution in [-0.2, 0) is 4.79 Å². The molecule has 2 aromatic rings. The molecule has 2 rings (SSSR count). The maximum Gasteiger partial charge on any atom is 0.217 e. The Labute approximate surface area is 99.8 Å². The zero-order valence-corrected chi connectivity index (χ0v) is 9.52. The molecule has 1 aromatic carbocycles. The third-order valence-electron chi connectivity index (χ3n) is 2.50. The summed E-state index contributed by atoms with van der Waals surface area (Å²) in [5.41, 5.74) is 6.03. The Hall–Kier alpha value is -2.10. The third-order valence-corrected chi connectivity index (χ3v) is 2.50. The van der Waals surface area contributed by atoms with Gasteiger partial charge in [0.15, 0.2) is 0 Å². The first-order valence-corrected chi connectivity index (χ1v) is 5.64. The van der Waals surface area contributed by atoms with E-state index in [0.29, 0.717) is 13.0 Å². The molecule has 1 amide bonds. The summed E-state index contributed by atoms with van der Waals surface area (Å²) in [6, 6.07) is 11.9. The number of rotatable bonds is 5. The molecule has 1 heterocycles. The monoisotopic (exact) mass is 229 g/mol. The smallest absolute Gasteiger partial charge is 0.217 e. The van der Waals surface area contributed by atoms with Gasteiger partial charge in [0.05, 0.1) is 5.52 Å². The standard InChI is InChI=1S/C13H15N3O/c14-12(17)6-3-9-15-13-8-7-10-4-1-2-5-11(10)16-13/h1-2,4-5,7-8H,3,6,9H2,(H2,14,17)(H,15,16). The lowest BCUT2D eigenvalue weighted by molar-refractivity contribution is -0.118. The van der Waals surface area contributed by atoms with E-state index in [9.17, 15) is 4.79 Å². The summed E-state index contributed by atoms with van der Waals surface area (Å²) in [4.78, 5) is 15.0. The Morgan fingerprint density at radius 1 is 1.24 bits per heavy atom. The molecule has 0 unspecified atom stereocenters. The number of nitrogens with two attached hydrogens (primary N) is 1. The van der Waals surface area contributed by atoms with E-state index in [0.717, 1.165) is 23.1 Å². The number of benzene rings is 1. The highest BCUT2D eigenvalue weighted by Gasteiger charge is 1.98. The number of pyridine rings is 1. The van der Waals surface area contributed by atoms with Gasteiger partial charge in [0.25, 0.3) is 0 Å². The second kappa shape index (κ2) is 5.30. The minimum atomic E-state index is -0.265. The Morgan fingerprint density at radius 3 is 2.88 bits per heavy atom. The second-order valence-corrected chi connectivity index (χ2v) is 3.89. The number of nitrogens with one attached hydrogen (secondary N) is 1. The van der Waals surface area contributed by atoms with Crippen LogP contribution in [0.3, 0.4) is 0 Å². The quantitative estimate of drug-likeness (QED) is 0.769. The maximum atomic E-state index is 10.6. The van der Waals surface area contributed by atoms with Crippen LogP contribution in [0.1, 0.15) is 12.8 Å². The second-order valence-electron chi connectivity index (χ2n) is 3.89. The molecule has 0 aliphatic carbocycles. The zero-order valence-electron chi connectivity index (χ0n) is 9.52. The Morgan fingerprint density at radius 2 is 2.06 bits per heavy atom. The zero-order chi connectivity index (χ0) is 12.1. The number of carbonyl (C=O) groups excluding carboxylic acids is 1. The largest absolute Gasteiger partial charge is 0.370 e. The van der Waals surface area contributed by atoms with E-state index in [1.165, 1.54) is 0 Å². The van der Waals surface area contributed by atoms with Crippen molar-refractivity contribution in [3.63, 3.8) is 0 Å². The number of hydrogen-bond acceptors (Lipinski definition) is 3. The fourth-order valence-corrected chi connectivity index (χ4v) is 1.64. The van der Waals surface area contributed by atoms with Gasteiger partial charge in [-0.3, -0.25) is 4.79 Å². The first-order valence-electron chi connectivity index (χ1n) is 5.64. The summed E-state index contributed by atoms with van der Waals surface area (Å²) in [6.45, 7) is 0.703. The van der Waals surface area contributed by atoms with Crippen LogP contribution in [0, 0.1) is 0 Å². The number of carbonyl (C=O) groups is 1. The van der Waals surface area contributed by atoms with Crippen molar-refractivity contribution < 1.29 is 4.79 Å². The molecule has 88 valence electrons. The number of nitrogens with zero attached hydrogens (tertiary/aromatic N) is 1. The average molecular weight is 229 g/mol. The summed E-state index contributed by atoms with van der Waals surface area (Å²) in [7, 11) is 0. The summed E-state index contributed by atoms with van der Waals surface area (Å²) in [6.07, 6.45) is 1.13. The Balaban J connectivity index is 1.97. The van der Waals surface area contributed by atoms with Crippen molar-refractivity contribution in [1.82, 2.24) is 4.98 Å². The van der Waals surface area contributed by atoms with Crippen LogP contribution < -0.4 is 11.1 Å². The molecular weight excluding hydrogens is 214 g/mol. The molecule has 0 saturated heterocycles. The molecule has 3 N–H and O–H groups in total. The molecule has 0 saturated carbocycles. The molecule has 0 aliphatic heterocycles. The van der Waals surface area contributed by atoms with Gasteiger partial charge in [-0.1, -0.05) is 18.2 Å². The molecule has 0 spiro atoms. The van der Waals surface area contributed by atoms with Crippen molar-refractivity contribution in [1.29, 1.82) is 0 Å². The molecule has 0 aliphatic rings. The summed E-state index contributed by atoms with van der Waals surface area (Å²) >= 11 is 0. The van der Waals surface area contributed by atoms with Crippen molar-refractivity contribution >= 4 is 22.6 Å². The van der Waals surface area contributed by atoms with Gasteiger partial charge in [-0.25, -0.2) is 4.98 Å². The summed E-state index contributed by atoms with van der Waals surface area (Å²) in [5.74, 6) is 0.562. The van der Waals surface area contributed by atoms with E-state index in [2.05, 4.69) is 10.3 Å². The van der Waals surface area contributed by atoms with Gasteiger partial charge >= 0.3 is 0 Å². The lowest BCUT2D eigenvalue weighted by atomic mass is 10.2. The van der Waals surface area contributed by atoms with Crippen LogP contribution >= 0.6 is 0 Å². The minimum Gasteiger partial charge on any atom is -0.370 e. The average Bonchev–Trinajstić information content (AvgIpc) is 2.34. The van der Waals surface area contributed by atoms with Gasteiger partial charge < -0.3 is 11.1 Å². The van der Waals surface area contributed by atoms with E-state index < -0.39 is 0 Å². The van der Waals surface area contributed by atoms with Crippen molar-refractivity contribution in [3.8, 4) is 0 Å². The molecular formula is C13H15N3O. The van der Waals surface area contributed by atoms with Gasteiger partial charge in [0.1, 0.15) is 5.82 Å². The highest BCUT2D eigenvalue weighted by molar-refractivity contribution is 5.80. The van der Waals surface area contributed by atoms with Crippen LogP contribution in [0.4, 0.5) is 5.82 Å². The molecule has 0 bridgehead atoms. The maximum absolute atomic E-state index is 10.6. The first-order chi connectivity index (χ1) is 8.25. The van der Waals surface area contributed by atoms with Crippen LogP contribution in [0.2, 0.25) is 0 Å². The number of anilines is 1. The molecule has 0 atom stereocenters. The molecule has 0 radical (unpaired) electrons. The number of para-hydroxylation sites is 1. The fourth-order valence-electron chi connectivity index (χ4n) is 1.64. The third kappa shape index (κ3) is 3.17. The number of hydrogen-bond donors (Lipinski definition) is 2. The van der Waals surface area contributed by atoms with Crippen LogP contribution in [0.25, 0.3) is 10.9 Å². The lowest BCUT2D eigenvalue weighted by Gasteiger charge is -2.05. The lowest BCUT2D eigenvalue weighted by Crippen LogP contribution is -2.12. The fraction of sp³-hybridized carbons (Fsp3) is 0.231. The van der Waals surface area contributed by atoms with E-state index in [-0.39, 0.29) is 5.91 Å². The minimum absolute atomic E-state index is 0.265. The highest BCUT2D eigenvalue weighted by Crippen LogP contribution is 2.14. The van der Waals surface area contributed by atoms with Crippen molar-refractivity contribution in [2.24, 2.45) is 5.73 Å². The Kier molecular flexibility index (Phi) is 3.55. The molecule has 1 aromatic heterocycles.